The van der Waals surface area contributed by atoms with Crippen LogP contribution in [0.3, 0.4) is 0 Å². The Morgan fingerprint density at radius 1 is 1.27 bits per heavy atom. The van der Waals surface area contributed by atoms with Gasteiger partial charge in [0.05, 0.1) is 6.54 Å². The summed E-state index contributed by atoms with van der Waals surface area (Å²) in [5.74, 6) is 2.31. The molecular formula is C22H27FIN5O. The van der Waals surface area contributed by atoms with Crippen molar-refractivity contribution in [1.29, 1.82) is 0 Å². The van der Waals surface area contributed by atoms with Crippen molar-refractivity contribution in [3.63, 3.8) is 0 Å². The van der Waals surface area contributed by atoms with E-state index in [9.17, 15) is 4.39 Å². The quantitative estimate of drug-likeness (QED) is 0.305. The Morgan fingerprint density at radius 2 is 2.07 bits per heavy atom. The van der Waals surface area contributed by atoms with Crippen molar-refractivity contribution >= 4 is 46.7 Å². The lowest BCUT2D eigenvalue weighted by Gasteiger charge is -2.33. The van der Waals surface area contributed by atoms with Crippen LogP contribution in [0, 0.1) is 12.7 Å². The van der Waals surface area contributed by atoms with Crippen LogP contribution in [0.4, 0.5) is 10.2 Å². The Morgan fingerprint density at radius 3 is 2.77 bits per heavy atom. The molecule has 0 aliphatic carbocycles. The average Bonchev–Trinajstić information content (AvgIpc) is 3.07. The second-order valence-corrected chi connectivity index (χ2v) is 7.31. The highest BCUT2D eigenvalue weighted by Gasteiger charge is 2.21. The predicted molar refractivity (Wildman–Crippen MR) is 129 cm³/mol. The number of hydrogen-bond donors (Lipinski definition) is 2. The fourth-order valence-corrected chi connectivity index (χ4v) is 3.76. The Bertz CT molecular complexity index is 999. The first-order chi connectivity index (χ1) is 14.1. The minimum Gasteiger partial charge on any atom is -0.459 e. The second-order valence-electron chi connectivity index (χ2n) is 7.31. The number of aliphatic imine (C=N–C) groups is 1. The molecule has 6 nitrogen and oxygen atoms in total. The minimum absolute atomic E-state index is 0. The van der Waals surface area contributed by atoms with Gasteiger partial charge in [0.15, 0.2) is 5.96 Å². The van der Waals surface area contributed by atoms with Gasteiger partial charge in [0.1, 0.15) is 23.0 Å². The van der Waals surface area contributed by atoms with E-state index in [-0.39, 0.29) is 29.8 Å². The van der Waals surface area contributed by atoms with Crippen LogP contribution >= 0.6 is 24.0 Å². The number of nitrogens with zero attached hydrogens (tertiary/aromatic N) is 3. The molecule has 8 heteroatoms. The highest BCUT2D eigenvalue weighted by Crippen LogP contribution is 2.26. The monoisotopic (exact) mass is 523 g/mol. The maximum atomic E-state index is 13.5. The predicted octanol–water partition coefficient (Wildman–Crippen LogP) is 4.23. The molecule has 1 aliphatic heterocycles. The van der Waals surface area contributed by atoms with Gasteiger partial charge in [-0.05, 0) is 50.1 Å². The lowest BCUT2D eigenvalue weighted by molar-refractivity contribution is 0.457. The SMILES string of the molecule is CN=C(NCc1oc2ccc(F)cc2c1C)NC1CCN(c2ccccn2)CC1.I. The number of nitrogens with one attached hydrogen (secondary N) is 2. The van der Waals surface area contributed by atoms with E-state index in [1.54, 1.807) is 13.1 Å². The molecule has 0 unspecified atom stereocenters. The van der Waals surface area contributed by atoms with Crippen LogP contribution in [0.1, 0.15) is 24.2 Å². The summed E-state index contributed by atoms with van der Waals surface area (Å²) in [5, 5.41) is 7.63. The summed E-state index contributed by atoms with van der Waals surface area (Å²) >= 11 is 0. The van der Waals surface area contributed by atoms with Gasteiger partial charge in [-0.15, -0.1) is 24.0 Å². The summed E-state index contributed by atoms with van der Waals surface area (Å²) < 4.78 is 19.4. The van der Waals surface area contributed by atoms with Crippen LogP contribution in [-0.4, -0.2) is 37.1 Å². The minimum atomic E-state index is -0.254. The lowest BCUT2D eigenvalue weighted by atomic mass is 10.1. The van der Waals surface area contributed by atoms with Gasteiger partial charge in [-0.3, -0.25) is 4.99 Å². The first-order valence-corrected chi connectivity index (χ1v) is 9.94. The second kappa shape index (κ2) is 10.1. The van der Waals surface area contributed by atoms with Crippen molar-refractivity contribution in [2.75, 3.05) is 25.0 Å². The topological polar surface area (TPSA) is 65.7 Å². The van der Waals surface area contributed by atoms with E-state index in [2.05, 4.69) is 31.6 Å². The molecule has 3 aromatic rings. The Hall–Kier alpha value is -2.36. The van der Waals surface area contributed by atoms with E-state index in [0.29, 0.717) is 18.2 Å². The van der Waals surface area contributed by atoms with E-state index >= 15 is 0 Å². The smallest absolute Gasteiger partial charge is 0.191 e. The molecule has 2 N–H and O–H groups in total. The molecule has 1 aromatic carbocycles. The molecular weight excluding hydrogens is 496 g/mol. The molecule has 0 amide bonds. The van der Waals surface area contributed by atoms with Crippen molar-refractivity contribution < 1.29 is 8.81 Å². The third kappa shape index (κ3) is 5.03. The number of fused-ring (bicyclic) bond motifs is 1. The van der Waals surface area contributed by atoms with E-state index in [0.717, 1.165) is 54.4 Å². The molecule has 30 heavy (non-hydrogen) atoms. The molecule has 0 radical (unpaired) electrons. The highest BCUT2D eigenvalue weighted by molar-refractivity contribution is 14.0. The summed E-state index contributed by atoms with van der Waals surface area (Å²) in [4.78, 5) is 11.1. The van der Waals surface area contributed by atoms with Gasteiger partial charge < -0.3 is 20.0 Å². The van der Waals surface area contributed by atoms with Crippen LogP contribution in [0.5, 0.6) is 0 Å². The Balaban J connectivity index is 0.00000256. The Labute approximate surface area is 193 Å². The van der Waals surface area contributed by atoms with Crippen molar-refractivity contribution in [1.82, 2.24) is 15.6 Å². The number of piperidine rings is 1. The Kier molecular flexibility index (Phi) is 7.52. The zero-order chi connectivity index (χ0) is 20.2. The molecule has 0 spiro atoms. The van der Waals surface area contributed by atoms with Crippen LogP contribution in [0.25, 0.3) is 11.0 Å². The third-order valence-electron chi connectivity index (χ3n) is 5.45. The fourth-order valence-electron chi connectivity index (χ4n) is 3.76. The average molecular weight is 523 g/mol. The molecule has 4 rings (SSSR count). The standard InChI is InChI=1S/C22H26FN5O.HI/c1-15-18-13-16(23)6-7-19(18)29-20(15)14-26-22(24-2)27-17-8-11-28(12-9-17)21-5-3-4-10-25-21;/h3-7,10,13,17H,8-9,11-12,14H2,1-2H3,(H2,24,26,27);1H. The molecule has 0 bridgehead atoms. The number of anilines is 1. The maximum Gasteiger partial charge on any atom is 0.191 e. The molecule has 1 saturated heterocycles. The maximum absolute atomic E-state index is 13.5. The largest absolute Gasteiger partial charge is 0.459 e. The number of halogens is 2. The number of hydrogen-bond acceptors (Lipinski definition) is 4. The van der Waals surface area contributed by atoms with Gasteiger partial charge in [0.25, 0.3) is 0 Å². The van der Waals surface area contributed by atoms with Crippen molar-refractivity contribution in [3.8, 4) is 0 Å². The van der Waals surface area contributed by atoms with Gasteiger partial charge in [0, 0.05) is 43.3 Å². The van der Waals surface area contributed by atoms with Gasteiger partial charge in [-0.1, -0.05) is 6.07 Å². The number of aromatic nitrogens is 1. The highest BCUT2D eigenvalue weighted by atomic mass is 127. The van der Waals surface area contributed by atoms with Crippen LogP contribution in [0.2, 0.25) is 0 Å². The molecule has 160 valence electrons. The van der Waals surface area contributed by atoms with E-state index in [1.807, 2.05) is 25.3 Å². The summed E-state index contributed by atoms with van der Waals surface area (Å²) in [6, 6.07) is 11.0. The first kappa shape index (κ1) is 22.3. The molecule has 0 saturated carbocycles. The number of benzene rings is 1. The number of furan rings is 1. The van der Waals surface area contributed by atoms with E-state index < -0.39 is 0 Å². The van der Waals surface area contributed by atoms with Crippen LogP contribution < -0.4 is 15.5 Å². The number of aryl methyl sites for hydroxylation is 1. The van der Waals surface area contributed by atoms with E-state index in [4.69, 9.17) is 4.42 Å². The summed E-state index contributed by atoms with van der Waals surface area (Å²) in [6.45, 7) is 4.36. The molecule has 0 atom stereocenters. The molecule has 2 aromatic heterocycles. The molecule has 3 heterocycles. The third-order valence-corrected chi connectivity index (χ3v) is 5.45. The number of rotatable bonds is 4. The fraction of sp³-hybridized carbons (Fsp3) is 0.364. The number of guanidine groups is 1. The zero-order valence-corrected chi connectivity index (χ0v) is 19.5. The lowest BCUT2D eigenvalue weighted by Crippen LogP contribution is -2.48. The summed E-state index contributed by atoms with van der Waals surface area (Å²) in [7, 11) is 1.76. The van der Waals surface area contributed by atoms with Crippen molar-refractivity contribution in [3.05, 3.63) is 59.7 Å². The molecule has 1 aliphatic rings. The van der Waals surface area contributed by atoms with E-state index in [1.165, 1.54) is 12.1 Å². The van der Waals surface area contributed by atoms with Crippen LogP contribution in [-0.2, 0) is 6.54 Å². The first-order valence-electron chi connectivity index (χ1n) is 9.94. The summed E-state index contributed by atoms with van der Waals surface area (Å²) in [5.41, 5.74) is 1.65. The van der Waals surface area contributed by atoms with Gasteiger partial charge in [-0.25, -0.2) is 9.37 Å². The van der Waals surface area contributed by atoms with Crippen LogP contribution in [0.15, 0.2) is 52.0 Å². The van der Waals surface area contributed by atoms with Gasteiger partial charge in [0.2, 0.25) is 0 Å². The zero-order valence-electron chi connectivity index (χ0n) is 17.2. The summed E-state index contributed by atoms with van der Waals surface area (Å²) in [6.07, 6.45) is 3.86. The van der Waals surface area contributed by atoms with Crippen molar-refractivity contribution in [2.45, 2.75) is 32.4 Å². The number of pyridine rings is 1. The van der Waals surface area contributed by atoms with Gasteiger partial charge in [-0.2, -0.15) is 0 Å². The van der Waals surface area contributed by atoms with Crippen molar-refractivity contribution in [2.24, 2.45) is 4.99 Å². The molecule has 1 fully saturated rings. The normalized spacial score (nSPS) is 15.2. The van der Waals surface area contributed by atoms with Gasteiger partial charge >= 0.3 is 0 Å².